The lowest BCUT2D eigenvalue weighted by Gasteiger charge is -1.96. The molecule has 1 N–H and O–H groups in total. The summed E-state index contributed by atoms with van der Waals surface area (Å²) in [7, 11) is 0. The van der Waals surface area contributed by atoms with Gasteiger partial charge in [-0.2, -0.15) is 0 Å². The van der Waals surface area contributed by atoms with Gasteiger partial charge in [0.05, 0.1) is 0 Å². The summed E-state index contributed by atoms with van der Waals surface area (Å²) in [4.78, 5) is 24.0. The highest BCUT2D eigenvalue weighted by molar-refractivity contribution is 5.97. The molecule has 0 radical (unpaired) electrons. The highest BCUT2D eigenvalue weighted by atomic mass is 16.4. The Bertz CT molecular complexity index is 528. The molecule has 0 aliphatic rings. The average Bonchev–Trinajstić information content (AvgIpc) is 2.58. The molecule has 2 rings (SSSR count). The summed E-state index contributed by atoms with van der Waals surface area (Å²) in [5.74, 6) is -1.14. The zero-order valence-corrected chi connectivity index (χ0v) is 7.82. The Morgan fingerprint density at radius 2 is 2.27 bits per heavy atom. The molecular formula is C11H8NO3-. The predicted octanol–water partition coefficient (Wildman–Crippen LogP) is 0.273. The SMILES string of the molecule is O=Cc1cccc2[nH]c(CC(=O)[O-])cc12. The molecule has 1 aromatic heterocycles. The van der Waals surface area contributed by atoms with Gasteiger partial charge in [0.25, 0.3) is 0 Å². The fourth-order valence-electron chi connectivity index (χ4n) is 1.59. The summed E-state index contributed by atoms with van der Waals surface area (Å²) in [6.45, 7) is 0. The van der Waals surface area contributed by atoms with Crippen LogP contribution in [-0.2, 0) is 11.2 Å². The summed E-state index contributed by atoms with van der Waals surface area (Å²) in [5, 5.41) is 11.1. The Hall–Kier alpha value is -2.10. The van der Waals surface area contributed by atoms with Crippen molar-refractivity contribution >= 4 is 23.2 Å². The maximum absolute atomic E-state index is 10.7. The normalized spacial score (nSPS) is 10.4. The van der Waals surface area contributed by atoms with Gasteiger partial charge in [0.1, 0.15) is 0 Å². The second-order valence-electron chi connectivity index (χ2n) is 3.27. The number of carboxylic acid groups (broad SMARTS) is 1. The van der Waals surface area contributed by atoms with Crippen molar-refractivity contribution in [3.05, 3.63) is 35.5 Å². The van der Waals surface area contributed by atoms with Gasteiger partial charge in [-0.25, -0.2) is 0 Å². The van der Waals surface area contributed by atoms with Crippen LogP contribution in [-0.4, -0.2) is 17.2 Å². The Kier molecular flexibility index (Phi) is 2.25. The zero-order chi connectivity index (χ0) is 10.8. The molecule has 4 heteroatoms. The first-order valence-corrected chi connectivity index (χ1v) is 4.46. The number of aromatic amines is 1. The van der Waals surface area contributed by atoms with Crippen LogP contribution in [0.4, 0.5) is 0 Å². The van der Waals surface area contributed by atoms with Gasteiger partial charge in [-0.1, -0.05) is 12.1 Å². The summed E-state index contributed by atoms with van der Waals surface area (Å²) in [6, 6.07) is 6.88. The standard InChI is InChI=1S/C11H9NO3/c13-6-7-2-1-3-10-9(7)4-8(12-10)5-11(14)15/h1-4,6,12H,5H2,(H,14,15)/p-1. The van der Waals surface area contributed by atoms with Crippen LogP contribution in [0.15, 0.2) is 24.3 Å². The first-order valence-electron chi connectivity index (χ1n) is 4.46. The largest absolute Gasteiger partial charge is 0.550 e. The van der Waals surface area contributed by atoms with E-state index in [0.29, 0.717) is 11.3 Å². The lowest BCUT2D eigenvalue weighted by molar-refractivity contribution is -0.304. The molecule has 4 nitrogen and oxygen atoms in total. The molecule has 1 heterocycles. The molecule has 0 spiro atoms. The van der Waals surface area contributed by atoms with Crippen LogP contribution in [0.2, 0.25) is 0 Å². The van der Waals surface area contributed by atoms with Crippen molar-refractivity contribution < 1.29 is 14.7 Å². The molecule has 0 bridgehead atoms. The molecule has 15 heavy (non-hydrogen) atoms. The van der Waals surface area contributed by atoms with Gasteiger partial charge in [-0.15, -0.1) is 0 Å². The molecule has 1 aromatic carbocycles. The number of carbonyl (C=O) groups excluding carboxylic acids is 2. The second-order valence-corrected chi connectivity index (χ2v) is 3.27. The van der Waals surface area contributed by atoms with Crippen LogP contribution in [0.5, 0.6) is 0 Å². The zero-order valence-electron chi connectivity index (χ0n) is 7.82. The molecule has 76 valence electrons. The highest BCUT2D eigenvalue weighted by Crippen LogP contribution is 2.18. The molecular weight excluding hydrogens is 194 g/mol. The Labute approximate surface area is 85.5 Å². The maximum Gasteiger partial charge on any atom is 0.150 e. The third-order valence-electron chi connectivity index (χ3n) is 2.22. The first-order chi connectivity index (χ1) is 7.20. The minimum absolute atomic E-state index is 0.174. The number of carbonyl (C=O) groups is 2. The van der Waals surface area contributed by atoms with Crippen molar-refractivity contribution in [1.29, 1.82) is 0 Å². The van der Waals surface area contributed by atoms with Crippen molar-refractivity contribution in [2.24, 2.45) is 0 Å². The van der Waals surface area contributed by atoms with E-state index >= 15 is 0 Å². The van der Waals surface area contributed by atoms with Crippen molar-refractivity contribution in [1.82, 2.24) is 4.98 Å². The van der Waals surface area contributed by atoms with Crippen molar-refractivity contribution in [2.75, 3.05) is 0 Å². The molecule has 0 aliphatic carbocycles. The minimum atomic E-state index is -1.14. The van der Waals surface area contributed by atoms with Gasteiger partial charge < -0.3 is 14.9 Å². The number of carboxylic acids is 1. The lowest BCUT2D eigenvalue weighted by atomic mass is 10.1. The number of nitrogens with one attached hydrogen (secondary N) is 1. The molecule has 2 aromatic rings. The quantitative estimate of drug-likeness (QED) is 0.726. The summed E-state index contributed by atoms with van der Waals surface area (Å²) < 4.78 is 0. The number of benzene rings is 1. The minimum Gasteiger partial charge on any atom is -0.550 e. The number of fused-ring (bicyclic) bond motifs is 1. The van der Waals surface area contributed by atoms with E-state index in [-0.39, 0.29) is 6.42 Å². The third-order valence-corrected chi connectivity index (χ3v) is 2.22. The van der Waals surface area contributed by atoms with E-state index in [2.05, 4.69) is 4.98 Å². The van der Waals surface area contributed by atoms with E-state index in [4.69, 9.17) is 0 Å². The van der Waals surface area contributed by atoms with E-state index in [0.717, 1.165) is 17.2 Å². The van der Waals surface area contributed by atoms with Gasteiger partial charge in [0, 0.05) is 34.6 Å². The van der Waals surface area contributed by atoms with Gasteiger partial charge in [0.15, 0.2) is 6.29 Å². The molecule has 0 unspecified atom stereocenters. The number of aldehydes is 1. The molecule has 0 aliphatic heterocycles. The topological polar surface area (TPSA) is 73.0 Å². The fourth-order valence-corrected chi connectivity index (χ4v) is 1.59. The van der Waals surface area contributed by atoms with E-state index < -0.39 is 5.97 Å². The van der Waals surface area contributed by atoms with Crippen LogP contribution in [0.3, 0.4) is 0 Å². The van der Waals surface area contributed by atoms with Crippen LogP contribution in [0.25, 0.3) is 10.9 Å². The number of aromatic nitrogens is 1. The number of rotatable bonds is 3. The Morgan fingerprint density at radius 3 is 2.93 bits per heavy atom. The number of H-pyrrole nitrogens is 1. The van der Waals surface area contributed by atoms with Gasteiger partial charge in [-0.05, 0) is 12.1 Å². The summed E-state index contributed by atoms with van der Waals surface area (Å²) in [5.41, 5.74) is 1.85. The van der Waals surface area contributed by atoms with E-state index in [1.165, 1.54) is 0 Å². The lowest BCUT2D eigenvalue weighted by Crippen LogP contribution is -2.24. The number of hydrogen-bond donors (Lipinski definition) is 1. The molecule has 0 fully saturated rings. The van der Waals surface area contributed by atoms with Crippen LogP contribution in [0.1, 0.15) is 16.1 Å². The summed E-state index contributed by atoms with van der Waals surface area (Å²) >= 11 is 0. The van der Waals surface area contributed by atoms with Gasteiger partial charge in [0.2, 0.25) is 0 Å². The second kappa shape index (κ2) is 3.57. The van der Waals surface area contributed by atoms with Crippen LogP contribution >= 0.6 is 0 Å². The molecule has 0 saturated heterocycles. The number of hydrogen-bond acceptors (Lipinski definition) is 3. The predicted molar refractivity (Wildman–Crippen MR) is 52.4 cm³/mol. The monoisotopic (exact) mass is 202 g/mol. The number of aliphatic carboxylic acids is 1. The fraction of sp³-hybridized carbons (Fsp3) is 0.0909. The van der Waals surface area contributed by atoms with Crippen molar-refractivity contribution in [3.63, 3.8) is 0 Å². The third kappa shape index (κ3) is 1.74. The smallest absolute Gasteiger partial charge is 0.150 e. The average molecular weight is 202 g/mol. The van der Waals surface area contributed by atoms with Crippen LogP contribution < -0.4 is 5.11 Å². The van der Waals surface area contributed by atoms with Crippen LogP contribution in [0, 0.1) is 0 Å². The van der Waals surface area contributed by atoms with E-state index in [1.54, 1.807) is 24.3 Å². The highest BCUT2D eigenvalue weighted by Gasteiger charge is 2.04. The van der Waals surface area contributed by atoms with Crippen molar-refractivity contribution in [2.45, 2.75) is 6.42 Å². The first kappa shape index (κ1) is 9.45. The van der Waals surface area contributed by atoms with E-state index in [9.17, 15) is 14.7 Å². The Balaban J connectivity index is 2.54. The molecule has 0 atom stereocenters. The summed E-state index contributed by atoms with van der Waals surface area (Å²) in [6.07, 6.45) is 0.575. The van der Waals surface area contributed by atoms with Gasteiger partial charge in [-0.3, -0.25) is 4.79 Å². The molecule has 0 amide bonds. The van der Waals surface area contributed by atoms with Crippen molar-refractivity contribution in [3.8, 4) is 0 Å². The Morgan fingerprint density at radius 1 is 1.47 bits per heavy atom. The van der Waals surface area contributed by atoms with E-state index in [1.807, 2.05) is 0 Å². The maximum atomic E-state index is 10.7. The van der Waals surface area contributed by atoms with Gasteiger partial charge >= 0.3 is 0 Å². The molecule has 0 saturated carbocycles.